The van der Waals surface area contributed by atoms with Crippen molar-refractivity contribution >= 4 is 51.7 Å². The predicted octanol–water partition coefficient (Wildman–Crippen LogP) is 6.17. The van der Waals surface area contributed by atoms with Crippen LogP contribution >= 0.6 is 23.5 Å². The smallest absolute Gasteiger partial charge is 0.274 e. The quantitative estimate of drug-likeness (QED) is 0.456. The lowest BCUT2D eigenvalue weighted by Crippen LogP contribution is -2.29. The van der Waals surface area contributed by atoms with E-state index in [2.05, 4.69) is 17.0 Å². The van der Waals surface area contributed by atoms with Crippen LogP contribution in [-0.4, -0.2) is 18.1 Å². The van der Waals surface area contributed by atoms with Crippen LogP contribution < -0.4 is 9.80 Å². The number of para-hydroxylation sites is 2. The number of carbonyl (C=O) groups excluding carboxylic acids is 1. The normalized spacial score (nSPS) is 19.7. The van der Waals surface area contributed by atoms with Crippen LogP contribution in [0.4, 0.5) is 17.1 Å². The predicted molar refractivity (Wildman–Crippen MR) is 128 cm³/mol. The number of aryl methyl sites for hydroxylation is 1. The molecule has 0 aromatic heterocycles. The van der Waals surface area contributed by atoms with Crippen molar-refractivity contribution in [3.63, 3.8) is 0 Å². The average Bonchev–Trinajstić information content (AvgIpc) is 3.25. The molecule has 1 fully saturated rings. The number of fused-ring (bicyclic) bond motifs is 1. The van der Waals surface area contributed by atoms with Gasteiger partial charge in [-0.05, 0) is 60.6 Å². The Morgan fingerprint density at radius 3 is 2.40 bits per heavy atom. The van der Waals surface area contributed by atoms with Crippen LogP contribution in [0, 0.1) is 6.92 Å². The monoisotopic (exact) mass is 429 g/mol. The van der Waals surface area contributed by atoms with E-state index >= 15 is 0 Å². The second kappa shape index (κ2) is 7.70. The van der Waals surface area contributed by atoms with E-state index in [4.69, 9.17) is 4.99 Å². The fourth-order valence-electron chi connectivity index (χ4n) is 3.49. The third kappa shape index (κ3) is 3.32. The fourth-order valence-corrected chi connectivity index (χ4v) is 5.84. The van der Waals surface area contributed by atoms with Crippen molar-refractivity contribution in [2.45, 2.75) is 11.8 Å². The van der Waals surface area contributed by atoms with E-state index in [-0.39, 0.29) is 5.91 Å². The minimum atomic E-state index is -0.0419. The highest BCUT2D eigenvalue weighted by Gasteiger charge is 2.39. The molecule has 0 N–H and O–H groups in total. The Morgan fingerprint density at radius 2 is 1.63 bits per heavy atom. The number of amides is 1. The molecule has 2 aliphatic rings. The lowest BCUT2D eigenvalue weighted by molar-refractivity contribution is -0.113. The third-order valence-corrected chi connectivity index (χ3v) is 7.35. The van der Waals surface area contributed by atoms with Crippen molar-refractivity contribution in [3.8, 4) is 0 Å². The van der Waals surface area contributed by atoms with Crippen LogP contribution in [0.1, 0.15) is 5.56 Å². The first-order chi connectivity index (χ1) is 14.6. The highest BCUT2D eigenvalue weighted by molar-refractivity contribution is 8.20. The summed E-state index contributed by atoms with van der Waals surface area (Å²) >= 11 is 3.07. The number of benzene rings is 3. The van der Waals surface area contributed by atoms with Crippen molar-refractivity contribution in [1.82, 2.24) is 0 Å². The van der Waals surface area contributed by atoms with E-state index in [1.165, 1.54) is 11.8 Å². The summed E-state index contributed by atoms with van der Waals surface area (Å²) < 4.78 is 0. The molecule has 0 bridgehead atoms. The van der Waals surface area contributed by atoms with Gasteiger partial charge in [0.1, 0.15) is 4.91 Å². The van der Waals surface area contributed by atoms with E-state index in [9.17, 15) is 4.79 Å². The number of thioether (sulfide) groups is 2. The number of amidine groups is 1. The summed E-state index contributed by atoms with van der Waals surface area (Å²) in [4.78, 5) is 24.1. The molecule has 1 saturated heterocycles. The molecule has 0 spiro atoms. The number of carbonyl (C=O) groups is 1. The number of anilines is 2. The van der Waals surface area contributed by atoms with Gasteiger partial charge in [-0.1, -0.05) is 54.2 Å². The molecule has 0 atom stereocenters. The molecule has 1 amide bonds. The van der Waals surface area contributed by atoms with E-state index in [0.29, 0.717) is 10.1 Å². The lowest BCUT2D eigenvalue weighted by atomic mass is 10.2. The van der Waals surface area contributed by atoms with Crippen LogP contribution in [0.2, 0.25) is 0 Å². The first kappa shape index (κ1) is 19.0. The van der Waals surface area contributed by atoms with Crippen molar-refractivity contribution in [2.75, 3.05) is 16.8 Å². The summed E-state index contributed by atoms with van der Waals surface area (Å²) in [5.74, 6) is -0.0419. The third-order valence-electron chi connectivity index (χ3n) is 4.95. The zero-order valence-corrected chi connectivity index (χ0v) is 18.2. The van der Waals surface area contributed by atoms with Gasteiger partial charge in [-0.3, -0.25) is 9.69 Å². The zero-order valence-electron chi connectivity index (χ0n) is 16.6. The maximum absolute atomic E-state index is 13.6. The van der Waals surface area contributed by atoms with Crippen molar-refractivity contribution < 1.29 is 4.79 Å². The summed E-state index contributed by atoms with van der Waals surface area (Å²) in [6.45, 7) is 2.04. The van der Waals surface area contributed by atoms with Gasteiger partial charge in [0, 0.05) is 11.9 Å². The average molecular weight is 430 g/mol. The minimum Gasteiger partial charge on any atom is -0.337 e. The molecule has 3 aromatic carbocycles. The van der Waals surface area contributed by atoms with Gasteiger partial charge in [0.25, 0.3) is 5.91 Å². The number of aliphatic imine (C=N–C) groups is 1. The first-order valence-corrected chi connectivity index (χ1v) is 11.2. The van der Waals surface area contributed by atoms with Crippen molar-refractivity contribution in [3.05, 3.63) is 94.4 Å². The molecule has 0 unspecified atom stereocenters. The summed E-state index contributed by atoms with van der Waals surface area (Å²) in [7, 11) is 2.01. The molecule has 3 aromatic rings. The standard InChI is InChI=1S/C24H19N3OS2/c1-16-9-8-10-17(15-16)25-24-27(18-11-4-3-5-12-18)22(28)21(30-24)23-26(2)19-13-6-7-14-20(19)29-23/h3-15H,1-2H3/b23-21-,25-24?. The Morgan fingerprint density at radius 1 is 0.867 bits per heavy atom. The van der Waals surface area contributed by atoms with Gasteiger partial charge in [0.05, 0.1) is 22.1 Å². The maximum atomic E-state index is 13.6. The lowest BCUT2D eigenvalue weighted by Gasteiger charge is -2.16. The molecular weight excluding hydrogens is 410 g/mol. The minimum absolute atomic E-state index is 0.0419. The highest BCUT2D eigenvalue weighted by Crippen LogP contribution is 2.50. The van der Waals surface area contributed by atoms with E-state index in [1.54, 1.807) is 16.7 Å². The summed E-state index contributed by atoms with van der Waals surface area (Å²) in [5.41, 5.74) is 3.92. The van der Waals surface area contributed by atoms with Crippen LogP contribution in [0.5, 0.6) is 0 Å². The molecule has 2 heterocycles. The van der Waals surface area contributed by atoms with Gasteiger partial charge >= 0.3 is 0 Å². The number of rotatable bonds is 2. The molecule has 0 radical (unpaired) electrons. The van der Waals surface area contributed by atoms with Gasteiger partial charge in [-0.15, -0.1) is 0 Å². The second-order valence-electron chi connectivity index (χ2n) is 7.07. The van der Waals surface area contributed by atoms with E-state index < -0.39 is 0 Å². The second-order valence-corrected chi connectivity index (χ2v) is 9.08. The number of hydrogen-bond acceptors (Lipinski definition) is 5. The topological polar surface area (TPSA) is 35.9 Å². The molecule has 0 saturated carbocycles. The first-order valence-electron chi connectivity index (χ1n) is 9.59. The van der Waals surface area contributed by atoms with Gasteiger partial charge in [0.15, 0.2) is 5.17 Å². The SMILES string of the molecule is Cc1cccc(N=C2S/C(=C3\Sc4ccccc4N3C)C(=O)N2c2ccccc2)c1. The molecule has 6 heteroatoms. The fraction of sp³-hybridized carbons (Fsp3) is 0.0833. The van der Waals surface area contributed by atoms with Crippen molar-refractivity contribution in [1.29, 1.82) is 0 Å². The molecule has 4 nitrogen and oxygen atoms in total. The Bertz CT molecular complexity index is 1200. The Balaban J connectivity index is 1.62. The molecule has 5 rings (SSSR count). The van der Waals surface area contributed by atoms with Crippen LogP contribution in [-0.2, 0) is 4.79 Å². The van der Waals surface area contributed by atoms with E-state index in [1.807, 2.05) is 80.7 Å². The Hall–Kier alpha value is -2.96. The number of hydrogen-bond donors (Lipinski definition) is 0. The highest BCUT2D eigenvalue weighted by atomic mass is 32.2. The molecule has 30 heavy (non-hydrogen) atoms. The maximum Gasteiger partial charge on any atom is 0.274 e. The van der Waals surface area contributed by atoms with Gasteiger partial charge in [0.2, 0.25) is 0 Å². The number of nitrogens with zero attached hydrogens (tertiary/aromatic N) is 3. The molecule has 2 aliphatic heterocycles. The zero-order chi connectivity index (χ0) is 20.7. The molecule has 148 valence electrons. The van der Waals surface area contributed by atoms with Crippen LogP contribution in [0.3, 0.4) is 0 Å². The Kier molecular flexibility index (Phi) is 4.89. The van der Waals surface area contributed by atoms with Gasteiger partial charge in [-0.2, -0.15) is 0 Å². The van der Waals surface area contributed by atoms with E-state index in [0.717, 1.165) is 32.6 Å². The molecule has 0 aliphatic carbocycles. The van der Waals surface area contributed by atoms with Gasteiger partial charge < -0.3 is 4.90 Å². The summed E-state index contributed by atoms with van der Waals surface area (Å²) in [5, 5.41) is 1.62. The summed E-state index contributed by atoms with van der Waals surface area (Å²) in [6, 6.07) is 25.9. The van der Waals surface area contributed by atoms with Crippen LogP contribution in [0.15, 0.2) is 98.7 Å². The Labute approximate surface area is 184 Å². The molecular formula is C24H19N3OS2. The van der Waals surface area contributed by atoms with Crippen LogP contribution in [0.25, 0.3) is 0 Å². The summed E-state index contributed by atoms with van der Waals surface area (Å²) in [6.07, 6.45) is 0. The van der Waals surface area contributed by atoms with Gasteiger partial charge in [-0.25, -0.2) is 4.99 Å². The van der Waals surface area contributed by atoms with Crippen molar-refractivity contribution in [2.24, 2.45) is 4.99 Å². The largest absolute Gasteiger partial charge is 0.337 e.